The van der Waals surface area contributed by atoms with Gasteiger partial charge in [-0.1, -0.05) is 23.4 Å². The average molecular weight is 538 g/mol. The van der Waals surface area contributed by atoms with E-state index in [0.717, 1.165) is 23.1 Å². The van der Waals surface area contributed by atoms with Crippen molar-refractivity contribution in [3.05, 3.63) is 51.1 Å². The Labute approximate surface area is 215 Å². The maximum Gasteiger partial charge on any atom is 0.341 e. The molecule has 13 heteroatoms. The lowest BCUT2D eigenvalue weighted by Crippen LogP contribution is -2.18. The second-order valence-corrected chi connectivity index (χ2v) is 10.0. The lowest BCUT2D eigenvalue weighted by atomic mass is 10.1. The quantitative estimate of drug-likeness (QED) is 0.294. The van der Waals surface area contributed by atoms with Crippen LogP contribution in [0.5, 0.6) is 5.75 Å². The molecule has 0 aliphatic rings. The third-order valence-electron chi connectivity index (χ3n) is 4.61. The van der Waals surface area contributed by atoms with E-state index in [1.54, 1.807) is 56.7 Å². The number of nitrogens with two attached hydrogens (primary N) is 1. The maximum atomic E-state index is 12.6. The Balaban J connectivity index is 1.64. The molecule has 2 amide bonds. The lowest BCUT2D eigenvalue weighted by molar-refractivity contribution is -0.113. The van der Waals surface area contributed by atoms with Gasteiger partial charge in [0.15, 0.2) is 11.0 Å². The highest BCUT2D eigenvalue weighted by molar-refractivity contribution is 7.99. The van der Waals surface area contributed by atoms with Crippen molar-refractivity contribution >= 4 is 57.5 Å². The summed E-state index contributed by atoms with van der Waals surface area (Å²) in [6.45, 7) is 5.19. The van der Waals surface area contributed by atoms with Gasteiger partial charge in [-0.15, -0.1) is 21.5 Å². The molecule has 186 valence electrons. The van der Waals surface area contributed by atoms with E-state index in [2.05, 4.69) is 15.5 Å². The number of primary amides is 1. The monoisotopic (exact) mass is 537 g/mol. The van der Waals surface area contributed by atoms with Gasteiger partial charge in [0.2, 0.25) is 5.91 Å². The molecule has 0 spiro atoms. The highest BCUT2D eigenvalue weighted by atomic mass is 35.5. The molecule has 2 aromatic heterocycles. The second kappa shape index (κ2) is 11.6. The topological polar surface area (TPSA) is 138 Å². The van der Waals surface area contributed by atoms with Crippen LogP contribution in [0.15, 0.2) is 29.4 Å². The number of halogens is 1. The first-order chi connectivity index (χ1) is 16.6. The maximum absolute atomic E-state index is 12.6. The number of thiophene rings is 1. The van der Waals surface area contributed by atoms with Gasteiger partial charge in [-0.3, -0.25) is 9.59 Å². The molecule has 0 fully saturated rings. The van der Waals surface area contributed by atoms with Crippen LogP contribution >= 0.6 is 34.7 Å². The summed E-state index contributed by atoms with van der Waals surface area (Å²) in [6.07, 6.45) is -0.369. The van der Waals surface area contributed by atoms with E-state index in [-0.39, 0.29) is 33.9 Å². The summed E-state index contributed by atoms with van der Waals surface area (Å²) in [6, 6.07) is 6.95. The van der Waals surface area contributed by atoms with Gasteiger partial charge in [0.1, 0.15) is 17.4 Å². The van der Waals surface area contributed by atoms with Crippen molar-refractivity contribution in [1.29, 1.82) is 0 Å². The van der Waals surface area contributed by atoms with Crippen LogP contribution in [0.2, 0.25) is 5.02 Å². The molecular formula is C22H24ClN5O5S2. The molecule has 0 aliphatic heterocycles. The summed E-state index contributed by atoms with van der Waals surface area (Å²) >= 11 is 7.97. The molecule has 1 aromatic carbocycles. The first kappa shape index (κ1) is 26.5. The van der Waals surface area contributed by atoms with Crippen molar-refractivity contribution in [2.45, 2.75) is 38.6 Å². The van der Waals surface area contributed by atoms with Gasteiger partial charge in [-0.2, -0.15) is 0 Å². The SMILES string of the molecule is Cc1c(C(N)=O)sc(NC(=O)CSc2nnc(COc3ccc(Cl)cc3)n2C)c1C(=O)OC(C)C. The molecule has 0 saturated heterocycles. The number of rotatable bonds is 10. The van der Waals surface area contributed by atoms with Gasteiger partial charge in [-0.25, -0.2) is 4.79 Å². The molecule has 10 nitrogen and oxygen atoms in total. The second-order valence-electron chi connectivity index (χ2n) is 7.62. The average Bonchev–Trinajstić information content (AvgIpc) is 3.30. The van der Waals surface area contributed by atoms with Gasteiger partial charge in [0.25, 0.3) is 5.91 Å². The van der Waals surface area contributed by atoms with Crippen LogP contribution in [0.3, 0.4) is 0 Å². The van der Waals surface area contributed by atoms with Gasteiger partial charge in [0, 0.05) is 12.1 Å². The minimum absolute atomic E-state index is 0.00840. The van der Waals surface area contributed by atoms with Crippen LogP contribution in [0.4, 0.5) is 5.00 Å². The fourth-order valence-corrected chi connectivity index (χ4v) is 4.84. The number of carbonyl (C=O) groups excluding carboxylic acids is 3. The number of nitrogens with zero attached hydrogens (tertiary/aromatic N) is 3. The van der Waals surface area contributed by atoms with Crippen molar-refractivity contribution in [1.82, 2.24) is 14.8 Å². The molecule has 0 unspecified atom stereocenters. The van der Waals surface area contributed by atoms with Gasteiger partial charge in [0.05, 0.1) is 22.3 Å². The normalized spacial score (nSPS) is 10.9. The Morgan fingerprint density at radius 2 is 1.91 bits per heavy atom. The number of aromatic nitrogens is 3. The summed E-state index contributed by atoms with van der Waals surface area (Å²) in [4.78, 5) is 37.1. The number of hydrogen-bond donors (Lipinski definition) is 2. The molecule has 3 rings (SSSR count). The van der Waals surface area contributed by atoms with E-state index in [9.17, 15) is 14.4 Å². The number of anilines is 1. The van der Waals surface area contributed by atoms with Crippen LogP contribution in [0.25, 0.3) is 0 Å². The Hall–Kier alpha value is -3.09. The number of thioether (sulfide) groups is 1. The molecular weight excluding hydrogens is 514 g/mol. The third-order valence-corrected chi connectivity index (χ3v) is 7.10. The highest BCUT2D eigenvalue weighted by Crippen LogP contribution is 2.34. The Morgan fingerprint density at radius 1 is 1.23 bits per heavy atom. The van der Waals surface area contributed by atoms with Crippen LogP contribution in [0, 0.1) is 6.92 Å². The van der Waals surface area contributed by atoms with E-state index in [0.29, 0.717) is 27.3 Å². The minimum Gasteiger partial charge on any atom is -0.486 e. The standard InChI is InChI=1S/C22H24ClN5O5S2/c1-11(2)33-21(31)17-12(3)18(19(24)30)35-20(17)25-16(29)10-34-22-27-26-15(28(22)4)9-32-14-7-5-13(23)6-8-14/h5-8,11H,9-10H2,1-4H3,(H2,24,30)(H,25,29). The predicted octanol–water partition coefficient (Wildman–Crippen LogP) is 3.81. The zero-order valence-electron chi connectivity index (χ0n) is 19.5. The molecule has 0 aliphatic carbocycles. The Kier molecular flexibility index (Phi) is 8.76. The zero-order valence-corrected chi connectivity index (χ0v) is 21.8. The van der Waals surface area contributed by atoms with E-state index < -0.39 is 17.8 Å². The number of hydrogen-bond acceptors (Lipinski definition) is 9. The predicted molar refractivity (Wildman–Crippen MR) is 134 cm³/mol. The third kappa shape index (κ3) is 6.74. The van der Waals surface area contributed by atoms with Gasteiger partial charge in [-0.05, 0) is 50.6 Å². The van der Waals surface area contributed by atoms with Crippen molar-refractivity contribution < 1.29 is 23.9 Å². The van der Waals surface area contributed by atoms with Crippen LogP contribution in [-0.4, -0.2) is 44.4 Å². The molecule has 0 atom stereocenters. The van der Waals surface area contributed by atoms with E-state index >= 15 is 0 Å². The number of carbonyl (C=O) groups is 3. The molecule has 35 heavy (non-hydrogen) atoms. The van der Waals surface area contributed by atoms with E-state index in [4.69, 9.17) is 26.8 Å². The Bertz CT molecular complexity index is 1240. The van der Waals surface area contributed by atoms with Crippen molar-refractivity contribution in [2.24, 2.45) is 12.8 Å². The summed E-state index contributed by atoms with van der Waals surface area (Å²) in [5.74, 6) is -0.518. The largest absolute Gasteiger partial charge is 0.486 e. The van der Waals surface area contributed by atoms with Gasteiger partial charge < -0.3 is 25.1 Å². The van der Waals surface area contributed by atoms with Crippen molar-refractivity contribution in [2.75, 3.05) is 11.1 Å². The zero-order chi connectivity index (χ0) is 25.7. The van der Waals surface area contributed by atoms with Crippen LogP contribution in [0.1, 0.15) is 45.3 Å². The first-order valence-electron chi connectivity index (χ1n) is 10.4. The first-order valence-corrected chi connectivity index (χ1v) is 12.6. The number of nitrogens with one attached hydrogen (secondary N) is 1. The number of amides is 2. The minimum atomic E-state index is -0.687. The summed E-state index contributed by atoms with van der Waals surface area (Å²) in [5, 5.41) is 12.2. The molecule has 3 N–H and O–H groups in total. The fourth-order valence-electron chi connectivity index (χ4n) is 2.92. The van der Waals surface area contributed by atoms with Gasteiger partial charge >= 0.3 is 5.97 Å². The van der Waals surface area contributed by atoms with Crippen molar-refractivity contribution in [3.63, 3.8) is 0 Å². The van der Waals surface area contributed by atoms with E-state index in [1.165, 1.54) is 0 Å². The molecule has 0 saturated carbocycles. The lowest BCUT2D eigenvalue weighted by Gasteiger charge is -2.10. The number of esters is 1. The summed E-state index contributed by atoms with van der Waals surface area (Å²) in [5.41, 5.74) is 5.91. The van der Waals surface area contributed by atoms with Crippen molar-refractivity contribution in [3.8, 4) is 5.75 Å². The molecule has 0 radical (unpaired) electrons. The number of benzene rings is 1. The summed E-state index contributed by atoms with van der Waals surface area (Å²) < 4.78 is 12.7. The summed E-state index contributed by atoms with van der Waals surface area (Å²) in [7, 11) is 1.77. The number of ether oxygens (including phenoxy) is 2. The van der Waals surface area contributed by atoms with Crippen LogP contribution in [-0.2, 0) is 23.2 Å². The molecule has 2 heterocycles. The molecule has 3 aromatic rings. The molecule has 0 bridgehead atoms. The highest BCUT2D eigenvalue weighted by Gasteiger charge is 2.26. The smallest absolute Gasteiger partial charge is 0.341 e. The Morgan fingerprint density at radius 3 is 2.54 bits per heavy atom. The fraction of sp³-hybridized carbons (Fsp3) is 0.318. The van der Waals surface area contributed by atoms with E-state index in [1.807, 2.05) is 0 Å². The van der Waals surface area contributed by atoms with Crippen LogP contribution < -0.4 is 15.8 Å².